The van der Waals surface area contributed by atoms with Gasteiger partial charge in [-0.25, -0.2) is 0 Å². The van der Waals surface area contributed by atoms with Crippen molar-refractivity contribution in [3.8, 4) is 0 Å². The maximum absolute atomic E-state index is 2.64. The number of fused-ring (bicyclic) bond motifs is 7. The van der Waals surface area contributed by atoms with E-state index >= 15 is 0 Å². The Labute approximate surface area is 296 Å². The van der Waals surface area contributed by atoms with Crippen LogP contribution in [0.1, 0.15) is 118 Å². The van der Waals surface area contributed by atoms with E-state index < -0.39 is 0 Å². The van der Waals surface area contributed by atoms with E-state index in [4.69, 9.17) is 0 Å². The Morgan fingerprint density at radius 3 is 1.51 bits per heavy atom. The molecule has 3 aromatic carbocycles. The molecule has 0 aliphatic heterocycles. The van der Waals surface area contributed by atoms with Gasteiger partial charge in [-0.1, -0.05) is 79.6 Å². The predicted molar refractivity (Wildman–Crippen MR) is 201 cm³/mol. The van der Waals surface area contributed by atoms with E-state index in [1.54, 1.807) is 86.3 Å². The third-order valence-electron chi connectivity index (χ3n) is 19.2. The number of aryl methyl sites for hydroxylation is 1. The molecular weight excluding hydrogens is 589 g/mol. The van der Waals surface area contributed by atoms with Crippen LogP contribution in [0.25, 0.3) is 10.8 Å². The van der Waals surface area contributed by atoms with Gasteiger partial charge in [-0.2, -0.15) is 0 Å². The van der Waals surface area contributed by atoms with Crippen LogP contribution in [0.4, 0.5) is 0 Å². The van der Waals surface area contributed by atoms with Gasteiger partial charge in [-0.3, -0.25) is 0 Å². The molecular formula is C49H60. The van der Waals surface area contributed by atoms with E-state index in [2.05, 4.69) is 73.7 Å². The molecule has 49 heavy (non-hydrogen) atoms. The molecule has 9 saturated carbocycles. The van der Waals surface area contributed by atoms with Crippen LogP contribution < -0.4 is 0 Å². The van der Waals surface area contributed by atoms with Crippen LogP contribution >= 0.6 is 0 Å². The van der Waals surface area contributed by atoms with Crippen LogP contribution in [0.15, 0.2) is 66.7 Å². The second-order valence-corrected chi connectivity index (χ2v) is 19.9. The molecule has 9 aliphatic carbocycles. The van der Waals surface area contributed by atoms with Crippen LogP contribution in [-0.4, -0.2) is 0 Å². The zero-order valence-electron chi connectivity index (χ0n) is 30.1. The Morgan fingerprint density at radius 1 is 0.367 bits per heavy atom. The molecule has 0 saturated heterocycles. The van der Waals surface area contributed by atoms with Gasteiger partial charge in [0.15, 0.2) is 0 Å². The van der Waals surface area contributed by atoms with Gasteiger partial charge in [0.05, 0.1) is 0 Å². The van der Waals surface area contributed by atoms with Gasteiger partial charge in [0.1, 0.15) is 0 Å². The van der Waals surface area contributed by atoms with Crippen molar-refractivity contribution in [2.45, 2.75) is 109 Å². The highest BCUT2D eigenvalue weighted by molar-refractivity contribution is 5.86. The van der Waals surface area contributed by atoms with Crippen molar-refractivity contribution < 1.29 is 0 Å². The van der Waals surface area contributed by atoms with E-state index in [0.717, 1.165) is 107 Å². The van der Waals surface area contributed by atoms with Crippen LogP contribution in [0.5, 0.6) is 0 Å². The van der Waals surface area contributed by atoms with Crippen LogP contribution in [0.3, 0.4) is 0 Å². The van der Waals surface area contributed by atoms with Crippen molar-refractivity contribution in [3.63, 3.8) is 0 Å². The Kier molecular flexibility index (Phi) is 6.60. The fraction of sp³-hybridized carbons (Fsp3) is 0.673. The van der Waals surface area contributed by atoms with E-state index in [-0.39, 0.29) is 0 Å². The van der Waals surface area contributed by atoms with Crippen LogP contribution in [0, 0.1) is 102 Å². The van der Waals surface area contributed by atoms with Gasteiger partial charge in [-0.05, 0) is 218 Å². The highest BCUT2D eigenvalue weighted by Gasteiger charge is 2.70. The largest absolute Gasteiger partial charge is 0.0620 e. The second-order valence-electron chi connectivity index (χ2n) is 19.9. The van der Waals surface area contributed by atoms with E-state index in [0.29, 0.717) is 0 Å². The van der Waals surface area contributed by atoms with Gasteiger partial charge in [-0.15, -0.1) is 0 Å². The van der Waals surface area contributed by atoms with Crippen molar-refractivity contribution in [2.75, 3.05) is 0 Å². The lowest BCUT2D eigenvalue weighted by Crippen LogP contribution is -2.59. The quantitative estimate of drug-likeness (QED) is 0.259. The summed E-state index contributed by atoms with van der Waals surface area (Å²) in [6.07, 6.45) is 21.8. The van der Waals surface area contributed by atoms with E-state index in [9.17, 15) is 0 Å². The molecule has 18 unspecified atom stereocenters. The summed E-state index contributed by atoms with van der Waals surface area (Å²) in [5, 5.41) is 3.08. The number of hydrogen-bond acceptors (Lipinski definition) is 0. The minimum atomic E-state index is 0.757. The maximum Gasteiger partial charge on any atom is -0.00905 e. The summed E-state index contributed by atoms with van der Waals surface area (Å²) in [5.41, 5.74) is 5.16. The van der Waals surface area contributed by atoms with Crippen molar-refractivity contribution in [1.82, 2.24) is 0 Å². The minimum absolute atomic E-state index is 0.757. The zero-order chi connectivity index (χ0) is 32.0. The molecule has 9 fully saturated rings. The van der Waals surface area contributed by atoms with Crippen molar-refractivity contribution >= 4 is 10.8 Å². The number of benzene rings is 3. The molecule has 9 aliphatic rings. The number of rotatable bonds is 2. The Morgan fingerprint density at radius 2 is 0.837 bits per heavy atom. The third kappa shape index (κ3) is 3.94. The molecule has 0 radical (unpaired) electrons. The summed E-state index contributed by atoms with van der Waals surface area (Å²) in [5.74, 6) is 17.9. The number of hydrogen-bond donors (Lipinski definition) is 0. The van der Waals surface area contributed by atoms with Crippen LogP contribution in [0.2, 0.25) is 0 Å². The smallest absolute Gasteiger partial charge is 0.00905 e. The first kappa shape index (κ1) is 29.5. The summed E-state index contributed by atoms with van der Waals surface area (Å²) in [4.78, 5) is 0. The van der Waals surface area contributed by atoms with Gasteiger partial charge >= 0.3 is 0 Å². The van der Waals surface area contributed by atoms with Crippen molar-refractivity contribution in [3.05, 3.63) is 83.4 Å². The molecule has 0 spiro atoms. The molecule has 0 aromatic heterocycles. The summed E-state index contributed by atoms with van der Waals surface area (Å²) < 4.78 is 0. The van der Waals surface area contributed by atoms with Crippen molar-refractivity contribution in [2.24, 2.45) is 94.7 Å². The molecule has 18 atom stereocenters. The first-order valence-corrected chi connectivity index (χ1v) is 21.8. The van der Waals surface area contributed by atoms with Gasteiger partial charge < -0.3 is 0 Å². The molecule has 3 aromatic rings. The molecule has 12 rings (SSSR count). The van der Waals surface area contributed by atoms with Gasteiger partial charge in [0.2, 0.25) is 0 Å². The van der Waals surface area contributed by atoms with Gasteiger partial charge in [0.25, 0.3) is 0 Å². The maximum atomic E-state index is 2.64. The van der Waals surface area contributed by atoms with Gasteiger partial charge in [0, 0.05) is 0 Å². The van der Waals surface area contributed by atoms with E-state index in [1.165, 1.54) is 31.1 Å². The van der Waals surface area contributed by atoms with Crippen LogP contribution in [-0.2, 0) is 0 Å². The SMILES string of the molecule is Cc1ccccc1C1C2CCCCC2C(c2cccc3ccccc23)C2C3CCC4C5CCC6CCC7CCC(C8CCC(C3C84)C12)C5C76. The Balaban J connectivity index is 1.03. The standard InChI is InChI=1S/C49H60/c1-27-9-2-4-12-31(27)43-34-14-6-7-15-35(34)46(33-16-8-11-28-10-3-5-13-32(28)33)49-41-26-24-39-37-22-20-30-18-17-29-19-21-36(44(37)42(29)30)38-23-25-40(48(43)49)47(41)45(38)39/h2-5,8-13,16,29-30,34-49H,6-7,14-15,17-26H2,1H3. The highest BCUT2D eigenvalue weighted by atomic mass is 14.7. The molecule has 0 bridgehead atoms. The lowest BCUT2D eigenvalue weighted by Gasteiger charge is -2.65. The van der Waals surface area contributed by atoms with Crippen molar-refractivity contribution in [1.29, 1.82) is 0 Å². The predicted octanol–water partition coefficient (Wildman–Crippen LogP) is 12.5. The fourth-order valence-corrected chi connectivity index (χ4v) is 18.4. The average Bonchev–Trinajstić information content (AvgIpc) is 3.73. The zero-order valence-corrected chi connectivity index (χ0v) is 30.1. The second kappa shape index (κ2) is 11.0. The first-order chi connectivity index (χ1) is 24.3. The molecule has 0 N–H and O–H groups in total. The normalized spacial score (nSPS) is 50.2. The minimum Gasteiger partial charge on any atom is -0.0620 e. The fourth-order valence-electron chi connectivity index (χ4n) is 18.4. The summed E-state index contributed by atoms with van der Waals surface area (Å²) >= 11 is 0. The summed E-state index contributed by atoms with van der Waals surface area (Å²) in [6.45, 7) is 2.48. The topological polar surface area (TPSA) is 0 Å². The third-order valence-corrected chi connectivity index (χ3v) is 19.2. The lowest BCUT2D eigenvalue weighted by atomic mass is 9.40. The Bertz CT molecular complexity index is 1720. The first-order valence-electron chi connectivity index (χ1n) is 21.8. The molecule has 256 valence electrons. The molecule has 0 nitrogen and oxygen atoms in total. The molecule has 0 heterocycles. The molecule has 0 heteroatoms. The lowest BCUT2D eigenvalue weighted by molar-refractivity contribution is -0.169. The average molecular weight is 649 g/mol. The summed E-state index contributed by atoms with van der Waals surface area (Å²) in [6, 6.07) is 26.9. The molecule has 0 amide bonds. The highest BCUT2D eigenvalue weighted by Crippen LogP contribution is 2.77. The Hall–Kier alpha value is -2.08. The summed E-state index contributed by atoms with van der Waals surface area (Å²) in [7, 11) is 0. The monoisotopic (exact) mass is 648 g/mol. The van der Waals surface area contributed by atoms with E-state index in [1.807, 2.05) is 0 Å².